The molecule has 17 heavy (non-hydrogen) atoms. The van der Waals surface area contributed by atoms with E-state index < -0.39 is 11.5 Å². The summed E-state index contributed by atoms with van der Waals surface area (Å²) >= 11 is 0. The maximum absolute atomic E-state index is 11.1. The van der Waals surface area contributed by atoms with Gasteiger partial charge in [0.25, 0.3) is 0 Å². The van der Waals surface area contributed by atoms with E-state index in [1.54, 1.807) is 12.4 Å². The normalized spacial score (nSPS) is 25.7. The Balaban J connectivity index is 2.01. The summed E-state index contributed by atoms with van der Waals surface area (Å²) in [5.41, 5.74) is 5.88. The van der Waals surface area contributed by atoms with Crippen LogP contribution in [0.4, 0.5) is 0 Å². The van der Waals surface area contributed by atoms with Crippen molar-refractivity contribution in [3.63, 3.8) is 0 Å². The van der Waals surface area contributed by atoms with Crippen LogP contribution < -0.4 is 5.73 Å². The largest absolute Gasteiger partial charge is 0.480 e. The van der Waals surface area contributed by atoms with E-state index in [1.165, 1.54) is 0 Å². The van der Waals surface area contributed by atoms with Crippen molar-refractivity contribution in [2.24, 2.45) is 5.73 Å². The predicted octanol–water partition coefficient (Wildman–Crippen LogP) is 0.459. The van der Waals surface area contributed by atoms with Gasteiger partial charge in [0.1, 0.15) is 5.54 Å². The lowest BCUT2D eigenvalue weighted by molar-refractivity contribution is -0.145. The monoisotopic (exact) mass is 235 g/mol. The Morgan fingerprint density at radius 3 is 3.12 bits per heavy atom. The minimum Gasteiger partial charge on any atom is -0.480 e. The van der Waals surface area contributed by atoms with E-state index in [1.807, 2.05) is 12.1 Å². The van der Waals surface area contributed by atoms with Crippen molar-refractivity contribution in [3.05, 3.63) is 30.1 Å². The fourth-order valence-electron chi connectivity index (χ4n) is 2.23. The second-order valence-corrected chi connectivity index (χ2v) is 4.64. The Kier molecular flexibility index (Phi) is 3.40. The van der Waals surface area contributed by atoms with Crippen LogP contribution in [-0.4, -0.2) is 39.6 Å². The lowest BCUT2D eigenvalue weighted by Gasteiger charge is -2.37. The van der Waals surface area contributed by atoms with Crippen molar-refractivity contribution in [1.82, 2.24) is 9.88 Å². The number of rotatable bonds is 3. The second kappa shape index (κ2) is 4.81. The number of carbonyl (C=O) groups is 1. The van der Waals surface area contributed by atoms with Crippen LogP contribution in [0.2, 0.25) is 0 Å². The third-order valence-corrected chi connectivity index (χ3v) is 3.16. The number of nitrogens with two attached hydrogens (primary N) is 1. The van der Waals surface area contributed by atoms with Gasteiger partial charge in [-0.15, -0.1) is 0 Å². The Bertz CT molecular complexity index is 396. The van der Waals surface area contributed by atoms with E-state index in [4.69, 9.17) is 10.8 Å². The van der Waals surface area contributed by atoms with Crippen molar-refractivity contribution in [3.8, 4) is 0 Å². The van der Waals surface area contributed by atoms with Gasteiger partial charge in [-0.1, -0.05) is 6.07 Å². The van der Waals surface area contributed by atoms with Gasteiger partial charge in [-0.25, -0.2) is 0 Å². The van der Waals surface area contributed by atoms with Crippen LogP contribution in [0.15, 0.2) is 24.5 Å². The van der Waals surface area contributed by atoms with Gasteiger partial charge in [-0.3, -0.25) is 14.7 Å². The van der Waals surface area contributed by atoms with Gasteiger partial charge in [-0.05, 0) is 31.0 Å². The molecule has 0 bridgehead atoms. The van der Waals surface area contributed by atoms with Crippen LogP contribution in [0.5, 0.6) is 0 Å². The second-order valence-electron chi connectivity index (χ2n) is 4.64. The molecule has 0 saturated carbocycles. The standard InChI is InChI=1S/C12H17N3O2/c13-12(11(16)17)4-2-6-15(9-12)8-10-3-1-5-14-7-10/h1,3,5,7H,2,4,6,8-9,13H2,(H,16,17). The minimum absolute atomic E-state index is 0.400. The Labute approximate surface area is 100 Å². The number of aromatic nitrogens is 1. The smallest absolute Gasteiger partial charge is 0.325 e. The van der Waals surface area contributed by atoms with Crippen LogP contribution in [0.25, 0.3) is 0 Å². The molecule has 1 aromatic rings. The average Bonchev–Trinajstić information content (AvgIpc) is 2.30. The van der Waals surface area contributed by atoms with Gasteiger partial charge in [0.15, 0.2) is 0 Å². The highest BCUT2D eigenvalue weighted by Gasteiger charge is 2.38. The summed E-state index contributed by atoms with van der Waals surface area (Å²) in [6, 6.07) is 3.87. The third-order valence-electron chi connectivity index (χ3n) is 3.16. The molecule has 5 heteroatoms. The number of aliphatic carboxylic acids is 1. The molecule has 1 saturated heterocycles. The maximum atomic E-state index is 11.1. The molecule has 2 heterocycles. The number of pyridine rings is 1. The molecule has 1 fully saturated rings. The van der Waals surface area contributed by atoms with E-state index in [0.717, 1.165) is 18.5 Å². The SMILES string of the molecule is NC1(C(=O)O)CCCN(Cc2cccnc2)C1. The molecule has 1 unspecified atom stereocenters. The highest BCUT2D eigenvalue weighted by Crippen LogP contribution is 2.20. The zero-order chi connectivity index (χ0) is 12.3. The van der Waals surface area contributed by atoms with E-state index in [-0.39, 0.29) is 0 Å². The quantitative estimate of drug-likeness (QED) is 0.795. The summed E-state index contributed by atoms with van der Waals surface area (Å²) < 4.78 is 0. The lowest BCUT2D eigenvalue weighted by atomic mass is 9.90. The van der Waals surface area contributed by atoms with Gasteiger partial charge in [-0.2, -0.15) is 0 Å². The molecule has 1 aromatic heterocycles. The Morgan fingerprint density at radius 1 is 1.65 bits per heavy atom. The van der Waals surface area contributed by atoms with Crippen LogP contribution >= 0.6 is 0 Å². The fraction of sp³-hybridized carbons (Fsp3) is 0.500. The summed E-state index contributed by atoms with van der Waals surface area (Å²) in [7, 11) is 0. The predicted molar refractivity (Wildman–Crippen MR) is 63.3 cm³/mol. The van der Waals surface area contributed by atoms with Crippen molar-refractivity contribution in [2.45, 2.75) is 24.9 Å². The molecule has 0 aromatic carbocycles. The van der Waals surface area contributed by atoms with Gasteiger partial charge in [0.05, 0.1) is 0 Å². The van der Waals surface area contributed by atoms with Crippen molar-refractivity contribution < 1.29 is 9.90 Å². The number of hydrogen-bond acceptors (Lipinski definition) is 4. The molecule has 0 spiro atoms. The Hall–Kier alpha value is -1.46. The first-order valence-corrected chi connectivity index (χ1v) is 5.74. The van der Waals surface area contributed by atoms with E-state index in [2.05, 4.69) is 9.88 Å². The number of likely N-dealkylation sites (tertiary alicyclic amines) is 1. The van der Waals surface area contributed by atoms with Gasteiger partial charge in [0, 0.05) is 25.5 Å². The molecule has 1 aliphatic heterocycles. The van der Waals surface area contributed by atoms with Crippen LogP contribution in [0.1, 0.15) is 18.4 Å². The molecule has 5 nitrogen and oxygen atoms in total. The number of carboxylic acids is 1. The van der Waals surface area contributed by atoms with Gasteiger partial charge < -0.3 is 10.8 Å². The maximum Gasteiger partial charge on any atom is 0.325 e. The van der Waals surface area contributed by atoms with Crippen molar-refractivity contribution in [1.29, 1.82) is 0 Å². The van der Waals surface area contributed by atoms with Crippen LogP contribution in [0, 0.1) is 0 Å². The van der Waals surface area contributed by atoms with E-state index in [9.17, 15) is 4.79 Å². The summed E-state index contributed by atoms with van der Waals surface area (Å²) in [6.07, 6.45) is 4.90. The molecule has 0 aliphatic carbocycles. The van der Waals surface area contributed by atoms with Crippen molar-refractivity contribution >= 4 is 5.97 Å². The van der Waals surface area contributed by atoms with Gasteiger partial charge in [0.2, 0.25) is 0 Å². The zero-order valence-electron chi connectivity index (χ0n) is 9.67. The molecule has 3 N–H and O–H groups in total. The third kappa shape index (κ3) is 2.81. The van der Waals surface area contributed by atoms with Crippen LogP contribution in [-0.2, 0) is 11.3 Å². The minimum atomic E-state index is -1.10. The highest BCUT2D eigenvalue weighted by molar-refractivity contribution is 5.78. The molecule has 1 atom stereocenters. The fourth-order valence-corrected chi connectivity index (χ4v) is 2.23. The van der Waals surface area contributed by atoms with E-state index in [0.29, 0.717) is 19.5 Å². The summed E-state index contributed by atoms with van der Waals surface area (Å²) in [5, 5.41) is 9.12. The van der Waals surface area contributed by atoms with Crippen molar-refractivity contribution in [2.75, 3.05) is 13.1 Å². The first kappa shape index (κ1) is 12.0. The zero-order valence-corrected chi connectivity index (χ0v) is 9.67. The first-order chi connectivity index (χ1) is 8.10. The molecule has 0 radical (unpaired) electrons. The molecule has 2 rings (SSSR count). The molecule has 92 valence electrons. The summed E-state index contributed by atoms with van der Waals surface area (Å²) in [4.78, 5) is 17.2. The molecular formula is C12H17N3O2. The molecule has 1 aliphatic rings. The Morgan fingerprint density at radius 2 is 2.47 bits per heavy atom. The first-order valence-electron chi connectivity index (χ1n) is 5.74. The van der Waals surface area contributed by atoms with Crippen LogP contribution in [0.3, 0.4) is 0 Å². The highest BCUT2D eigenvalue weighted by atomic mass is 16.4. The average molecular weight is 235 g/mol. The topological polar surface area (TPSA) is 79.5 Å². The number of piperidine rings is 1. The lowest BCUT2D eigenvalue weighted by Crippen LogP contribution is -2.59. The molecule has 0 amide bonds. The molecular weight excluding hydrogens is 218 g/mol. The number of hydrogen-bond donors (Lipinski definition) is 2. The number of carboxylic acid groups (broad SMARTS) is 1. The summed E-state index contributed by atoms with van der Waals surface area (Å²) in [6.45, 7) is 2.00. The number of nitrogens with zero attached hydrogens (tertiary/aromatic N) is 2. The summed E-state index contributed by atoms with van der Waals surface area (Å²) in [5.74, 6) is -0.909. The van der Waals surface area contributed by atoms with E-state index >= 15 is 0 Å². The van der Waals surface area contributed by atoms with Gasteiger partial charge >= 0.3 is 5.97 Å².